The summed E-state index contributed by atoms with van der Waals surface area (Å²) in [7, 11) is 0. The van der Waals surface area contributed by atoms with Gasteiger partial charge in [0.15, 0.2) is 0 Å². The summed E-state index contributed by atoms with van der Waals surface area (Å²) in [6, 6.07) is -0.0473. The molecular weight excluding hydrogens is 239 g/mol. The molecule has 1 aliphatic carbocycles. The van der Waals surface area contributed by atoms with Crippen LogP contribution < -0.4 is 5.73 Å². The van der Waals surface area contributed by atoms with Crippen LogP contribution in [0.25, 0.3) is 0 Å². The summed E-state index contributed by atoms with van der Waals surface area (Å²) >= 11 is 0. The quantitative estimate of drug-likeness (QED) is 0.777. The zero-order chi connectivity index (χ0) is 13.8. The van der Waals surface area contributed by atoms with Crippen LogP contribution in [0.3, 0.4) is 0 Å². The Morgan fingerprint density at radius 1 is 1.17 bits per heavy atom. The summed E-state index contributed by atoms with van der Waals surface area (Å²) in [5, 5.41) is 0. The van der Waals surface area contributed by atoms with Gasteiger partial charge in [-0.2, -0.15) is 13.2 Å². The molecule has 0 aromatic heterocycles. The minimum atomic E-state index is -4.03. The number of nitrogens with two attached hydrogens (primary N) is 1. The second-order valence-corrected chi connectivity index (χ2v) is 6.15. The van der Waals surface area contributed by atoms with Crippen molar-refractivity contribution >= 4 is 0 Å². The molecule has 0 spiro atoms. The van der Waals surface area contributed by atoms with E-state index >= 15 is 0 Å². The Morgan fingerprint density at radius 2 is 1.83 bits per heavy atom. The molecule has 1 aliphatic rings. The first kappa shape index (κ1) is 15.8. The van der Waals surface area contributed by atoms with Crippen molar-refractivity contribution in [1.29, 1.82) is 0 Å². The summed E-state index contributed by atoms with van der Waals surface area (Å²) in [5.41, 5.74) is 6.07. The summed E-state index contributed by atoms with van der Waals surface area (Å²) in [6.45, 7) is 4.32. The van der Waals surface area contributed by atoms with E-state index < -0.39 is 12.1 Å². The van der Waals surface area contributed by atoms with Gasteiger partial charge in [0.2, 0.25) is 0 Å². The zero-order valence-electron chi connectivity index (χ0n) is 11.5. The molecule has 1 fully saturated rings. The lowest BCUT2D eigenvalue weighted by Gasteiger charge is -2.34. The van der Waals surface area contributed by atoms with Gasteiger partial charge in [0, 0.05) is 6.04 Å². The lowest BCUT2D eigenvalue weighted by atomic mass is 9.76. The summed E-state index contributed by atoms with van der Waals surface area (Å²) in [4.78, 5) is 0. The molecule has 0 aromatic rings. The fraction of sp³-hybridized carbons (Fsp3) is 1.00. The van der Waals surface area contributed by atoms with Crippen LogP contribution in [0.1, 0.15) is 58.8 Å². The Kier molecular flexibility index (Phi) is 5.96. The lowest BCUT2D eigenvalue weighted by molar-refractivity contribution is -0.186. The topological polar surface area (TPSA) is 26.0 Å². The van der Waals surface area contributed by atoms with Gasteiger partial charge >= 0.3 is 6.18 Å². The Bertz CT molecular complexity index is 238. The van der Waals surface area contributed by atoms with Crippen molar-refractivity contribution in [2.75, 3.05) is 0 Å². The molecule has 3 unspecified atom stereocenters. The number of rotatable bonds is 5. The first-order chi connectivity index (χ1) is 8.30. The first-order valence-electron chi connectivity index (χ1n) is 7.13. The maximum absolute atomic E-state index is 12.7. The van der Waals surface area contributed by atoms with Crippen LogP contribution in [0.5, 0.6) is 0 Å². The lowest BCUT2D eigenvalue weighted by Crippen LogP contribution is -2.37. The molecule has 18 heavy (non-hydrogen) atoms. The van der Waals surface area contributed by atoms with Crippen molar-refractivity contribution < 1.29 is 13.2 Å². The summed E-state index contributed by atoms with van der Waals surface area (Å²) in [6.07, 6.45) is 1.06. The van der Waals surface area contributed by atoms with Crippen LogP contribution in [0, 0.1) is 17.8 Å². The molecule has 4 heteroatoms. The molecule has 3 atom stereocenters. The van der Waals surface area contributed by atoms with Crippen LogP contribution in [0.2, 0.25) is 0 Å². The van der Waals surface area contributed by atoms with Crippen molar-refractivity contribution in [1.82, 2.24) is 0 Å². The van der Waals surface area contributed by atoms with Gasteiger partial charge in [0.05, 0.1) is 5.92 Å². The van der Waals surface area contributed by atoms with Gasteiger partial charge in [0.25, 0.3) is 0 Å². The number of hydrogen-bond acceptors (Lipinski definition) is 1. The number of alkyl halides is 3. The highest BCUT2D eigenvalue weighted by atomic mass is 19.4. The molecule has 0 aromatic carbocycles. The van der Waals surface area contributed by atoms with Gasteiger partial charge in [0.1, 0.15) is 0 Å². The highest BCUT2D eigenvalue weighted by Crippen LogP contribution is 2.41. The smallest absolute Gasteiger partial charge is 0.327 e. The van der Waals surface area contributed by atoms with Crippen LogP contribution >= 0.6 is 0 Å². The van der Waals surface area contributed by atoms with Crippen molar-refractivity contribution in [2.45, 2.75) is 71.0 Å². The third kappa shape index (κ3) is 5.17. The van der Waals surface area contributed by atoms with Gasteiger partial charge in [-0.1, -0.05) is 33.1 Å². The molecular formula is C14H26F3N. The highest BCUT2D eigenvalue weighted by molar-refractivity contribution is 4.83. The van der Waals surface area contributed by atoms with Gasteiger partial charge in [-0.05, 0) is 37.5 Å². The van der Waals surface area contributed by atoms with E-state index in [1.807, 2.05) is 0 Å². The van der Waals surface area contributed by atoms with Gasteiger partial charge < -0.3 is 5.73 Å². The minimum Gasteiger partial charge on any atom is -0.327 e. The highest BCUT2D eigenvalue weighted by Gasteiger charge is 2.42. The van der Waals surface area contributed by atoms with E-state index in [0.29, 0.717) is 18.8 Å². The SMILES string of the molecule is CC(C)CCCC(N)C1CCCC(C(F)(F)F)C1. The van der Waals surface area contributed by atoms with E-state index in [2.05, 4.69) is 13.8 Å². The predicted octanol–water partition coefficient (Wildman–Crippen LogP) is 4.51. The van der Waals surface area contributed by atoms with Gasteiger partial charge in [-0.25, -0.2) is 0 Å². The minimum absolute atomic E-state index is 0.0473. The molecule has 0 amide bonds. The first-order valence-corrected chi connectivity index (χ1v) is 7.13. The van der Waals surface area contributed by atoms with E-state index in [1.165, 1.54) is 0 Å². The predicted molar refractivity (Wildman–Crippen MR) is 68.2 cm³/mol. The van der Waals surface area contributed by atoms with Crippen molar-refractivity contribution in [2.24, 2.45) is 23.5 Å². The van der Waals surface area contributed by atoms with E-state index in [-0.39, 0.29) is 18.4 Å². The van der Waals surface area contributed by atoms with Crippen molar-refractivity contribution in [3.05, 3.63) is 0 Å². The van der Waals surface area contributed by atoms with E-state index in [9.17, 15) is 13.2 Å². The normalized spacial score (nSPS) is 27.5. The molecule has 1 nitrogen and oxygen atoms in total. The van der Waals surface area contributed by atoms with Crippen LogP contribution in [-0.4, -0.2) is 12.2 Å². The summed E-state index contributed by atoms with van der Waals surface area (Å²) in [5.74, 6) is -0.406. The number of hydrogen-bond donors (Lipinski definition) is 1. The third-order valence-corrected chi connectivity index (χ3v) is 4.10. The van der Waals surface area contributed by atoms with Gasteiger partial charge in [-0.15, -0.1) is 0 Å². The van der Waals surface area contributed by atoms with Crippen molar-refractivity contribution in [3.63, 3.8) is 0 Å². The number of halogens is 3. The molecule has 1 rings (SSSR count). The average Bonchev–Trinajstić information content (AvgIpc) is 2.27. The third-order valence-electron chi connectivity index (χ3n) is 4.10. The Morgan fingerprint density at radius 3 is 2.39 bits per heavy atom. The molecule has 0 radical (unpaired) electrons. The molecule has 2 N–H and O–H groups in total. The Hall–Kier alpha value is -0.250. The monoisotopic (exact) mass is 265 g/mol. The fourth-order valence-electron chi connectivity index (χ4n) is 2.91. The fourth-order valence-corrected chi connectivity index (χ4v) is 2.91. The van der Waals surface area contributed by atoms with Crippen LogP contribution in [-0.2, 0) is 0 Å². The van der Waals surface area contributed by atoms with Crippen LogP contribution in [0.15, 0.2) is 0 Å². The summed E-state index contributed by atoms with van der Waals surface area (Å²) < 4.78 is 38.1. The maximum atomic E-state index is 12.7. The second-order valence-electron chi connectivity index (χ2n) is 6.15. The van der Waals surface area contributed by atoms with E-state index in [4.69, 9.17) is 5.73 Å². The largest absolute Gasteiger partial charge is 0.391 e. The molecule has 0 heterocycles. The molecule has 108 valence electrons. The second kappa shape index (κ2) is 6.78. The van der Waals surface area contributed by atoms with Gasteiger partial charge in [-0.3, -0.25) is 0 Å². The molecule has 0 saturated heterocycles. The molecule has 0 bridgehead atoms. The Labute approximate surface area is 108 Å². The average molecular weight is 265 g/mol. The molecule has 0 aliphatic heterocycles. The zero-order valence-corrected chi connectivity index (χ0v) is 11.5. The standard InChI is InChI=1S/C14H26F3N/c1-10(2)5-3-8-13(18)11-6-4-7-12(9-11)14(15,16)17/h10-13H,3-9,18H2,1-2H3. The molecule has 1 saturated carbocycles. The van der Waals surface area contributed by atoms with Crippen molar-refractivity contribution in [3.8, 4) is 0 Å². The maximum Gasteiger partial charge on any atom is 0.391 e. The Balaban J connectivity index is 2.36. The van der Waals surface area contributed by atoms with Crippen LogP contribution in [0.4, 0.5) is 13.2 Å². The van der Waals surface area contributed by atoms with E-state index in [0.717, 1.165) is 25.7 Å². The van der Waals surface area contributed by atoms with E-state index in [1.54, 1.807) is 0 Å².